The zero-order valence-electron chi connectivity index (χ0n) is 17.3. The van der Waals surface area contributed by atoms with Crippen LogP contribution in [0.2, 0.25) is 0 Å². The van der Waals surface area contributed by atoms with Crippen LogP contribution in [0.1, 0.15) is 62.5 Å². The maximum Gasteiger partial charge on any atom is 0.223 e. The molecule has 0 unspecified atom stereocenters. The van der Waals surface area contributed by atoms with E-state index in [1.54, 1.807) is 0 Å². The second kappa shape index (κ2) is 8.54. The van der Waals surface area contributed by atoms with Crippen LogP contribution in [0.3, 0.4) is 0 Å². The van der Waals surface area contributed by atoms with Gasteiger partial charge < -0.3 is 15.1 Å². The summed E-state index contributed by atoms with van der Waals surface area (Å²) in [5.41, 5.74) is 3.12. The van der Waals surface area contributed by atoms with Crippen molar-refractivity contribution in [2.45, 2.75) is 64.5 Å². The summed E-state index contributed by atoms with van der Waals surface area (Å²) in [6.45, 7) is 4.60. The Morgan fingerprint density at radius 3 is 2.46 bits per heavy atom. The van der Waals surface area contributed by atoms with Crippen molar-refractivity contribution in [2.75, 3.05) is 26.7 Å². The number of amides is 1. The fraction of sp³-hybridized carbons (Fsp3) is 0.652. The molecular formula is C23H34N4O. The van der Waals surface area contributed by atoms with Gasteiger partial charge in [-0.3, -0.25) is 9.79 Å². The molecule has 0 atom stereocenters. The Balaban J connectivity index is 1.19. The third kappa shape index (κ3) is 4.18. The Labute approximate surface area is 169 Å². The molecule has 1 aliphatic carbocycles. The van der Waals surface area contributed by atoms with E-state index in [2.05, 4.69) is 39.5 Å². The normalized spacial score (nSPS) is 21.2. The van der Waals surface area contributed by atoms with Crippen LogP contribution in [0, 0.1) is 5.41 Å². The number of carbonyl (C=O) groups is 1. The van der Waals surface area contributed by atoms with Crippen LogP contribution in [0.4, 0.5) is 0 Å². The maximum absolute atomic E-state index is 12.5. The number of hydrogen-bond acceptors (Lipinski definition) is 2. The standard InChI is InChI=1S/C23H34N4O/c1-24-22(26-15-13-23(18-26)11-5-2-6-12-23)25-14-7-10-21(28)27-16-19-8-3-4-9-20(19)17-27/h3-4,8-9H,2,5-7,10-18H2,1H3,(H,24,25). The molecule has 3 aliphatic rings. The highest BCUT2D eigenvalue weighted by Gasteiger charge is 2.39. The second-order valence-electron chi connectivity index (χ2n) is 8.83. The van der Waals surface area contributed by atoms with Crippen LogP contribution in [0.5, 0.6) is 0 Å². The molecule has 2 heterocycles. The summed E-state index contributed by atoms with van der Waals surface area (Å²) in [7, 11) is 1.88. The molecular weight excluding hydrogens is 348 g/mol. The molecule has 5 nitrogen and oxygen atoms in total. The van der Waals surface area contributed by atoms with Gasteiger partial charge in [-0.25, -0.2) is 0 Å². The molecule has 0 aromatic heterocycles. The number of hydrogen-bond donors (Lipinski definition) is 1. The molecule has 5 heteroatoms. The van der Waals surface area contributed by atoms with Gasteiger partial charge in [-0.05, 0) is 42.2 Å². The molecule has 1 saturated carbocycles. The molecule has 1 aromatic rings. The van der Waals surface area contributed by atoms with Gasteiger partial charge in [0.15, 0.2) is 5.96 Å². The van der Waals surface area contributed by atoms with Gasteiger partial charge in [-0.1, -0.05) is 43.5 Å². The third-order valence-electron chi connectivity index (χ3n) is 6.91. The number of rotatable bonds is 4. The first kappa shape index (κ1) is 19.3. The number of nitrogens with zero attached hydrogens (tertiary/aromatic N) is 3. The highest BCUT2D eigenvalue weighted by atomic mass is 16.2. The van der Waals surface area contributed by atoms with Gasteiger partial charge in [0.25, 0.3) is 0 Å². The van der Waals surface area contributed by atoms with E-state index in [-0.39, 0.29) is 5.91 Å². The van der Waals surface area contributed by atoms with E-state index < -0.39 is 0 Å². The van der Waals surface area contributed by atoms with Crippen molar-refractivity contribution < 1.29 is 4.79 Å². The van der Waals surface area contributed by atoms with Gasteiger partial charge in [0.2, 0.25) is 5.91 Å². The second-order valence-corrected chi connectivity index (χ2v) is 8.83. The number of likely N-dealkylation sites (tertiary alicyclic amines) is 1. The number of benzene rings is 1. The minimum Gasteiger partial charge on any atom is -0.356 e. The Bertz CT molecular complexity index is 698. The third-order valence-corrected chi connectivity index (χ3v) is 6.91. The van der Waals surface area contributed by atoms with Crippen molar-refractivity contribution in [1.29, 1.82) is 0 Å². The lowest BCUT2D eigenvalue weighted by Gasteiger charge is -2.33. The molecule has 1 spiro atoms. The summed E-state index contributed by atoms with van der Waals surface area (Å²) in [5.74, 6) is 1.28. The smallest absolute Gasteiger partial charge is 0.223 e. The van der Waals surface area contributed by atoms with Crippen molar-refractivity contribution in [3.05, 3.63) is 35.4 Å². The van der Waals surface area contributed by atoms with E-state index in [0.29, 0.717) is 11.8 Å². The Kier molecular flexibility index (Phi) is 5.88. The van der Waals surface area contributed by atoms with Crippen LogP contribution in [-0.2, 0) is 17.9 Å². The molecule has 1 N–H and O–H groups in total. The monoisotopic (exact) mass is 382 g/mol. The van der Waals surface area contributed by atoms with Gasteiger partial charge in [-0.15, -0.1) is 0 Å². The first-order valence-electron chi connectivity index (χ1n) is 11.0. The number of fused-ring (bicyclic) bond motifs is 1. The average molecular weight is 383 g/mol. The van der Waals surface area contributed by atoms with Crippen molar-refractivity contribution in [1.82, 2.24) is 15.1 Å². The number of guanidine groups is 1. The van der Waals surface area contributed by atoms with E-state index in [1.807, 2.05) is 11.9 Å². The van der Waals surface area contributed by atoms with E-state index in [0.717, 1.165) is 45.1 Å². The summed E-state index contributed by atoms with van der Waals surface area (Å²) >= 11 is 0. The molecule has 1 saturated heterocycles. The van der Waals surface area contributed by atoms with Gasteiger partial charge in [0.1, 0.15) is 0 Å². The van der Waals surface area contributed by atoms with Gasteiger partial charge in [-0.2, -0.15) is 0 Å². The molecule has 0 radical (unpaired) electrons. The molecule has 2 fully saturated rings. The number of nitrogens with one attached hydrogen (secondary N) is 1. The summed E-state index contributed by atoms with van der Waals surface area (Å²) in [6, 6.07) is 8.36. The lowest BCUT2D eigenvalue weighted by molar-refractivity contribution is -0.131. The summed E-state index contributed by atoms with van der Waals surface area (Å²) in [4.78, 5) is 21.5. The molecule has 152 valence electrons. The van der Waals surface area contributed by atoms with E-state index in [1.165, 1.54) is 49.7 Å². The van der Waals surface area contributed by atoms with Crippen molar-refractivity contribution in [2.24, 2.45) is 10.4 Å². The van der Waals surface area contributed by atoms with E-state index in [4.69, 9.17) is 0 Å². The first-order valence-corrected chi connectivity index (χ1v) is 11.0. The summed E-state index contributed by atoms with van der Waals surface area (Å²) in [6.07, 6.45) is 9.71. The minimum absolute atomic E-state index is 0.260. The molecule has 1 aromatic carbocycles. The van der Waals surface area contributed by atoms with Crippen LogP contribution in [-0.4, -0.2) is 48.3 Å². The van der Waals surface area contributed by atoms with Crippen molar-refractivity contribution in [3.63, 3.8) is 0 Å². The van der Waals surface area contributed by atoms with Crippen LogP contribution < -0.4 is 5.32 Å². The molecule has 1 amide bonds. The number of carbonyl (C=O) groups excluding carboxylic acids is 1. The lowest BCUT2D eigenvalue weighted by atomic mass is 9.73. The Morgan fingerprint density at radius 2 is 1.79 bits per heavy atom. The van der Waals surface area contributed by atoms with Gasteiger partial charge in [0.05, 0.1) is 0 Å². The fourth-order valence-electron chi connectivity index (χ4n) is 5.27. The topological polar surface area (TPSA) is 47.9 Å². The first-order chi connectivity index (χ1) is 13.7. The highest BCUT2D eigenvalue weighted by molar-refractivity contribution is 5.80. The fourth-order valence-corrected chi connectivity index (χ4v) is 5.27. The van der Waals surface area contributed by atoms with Gasteiger partial charge >= 0.3 is 0 Å². The maximum atomic E-state index is 12.5. The quantitative estimate of drug-likeness (QED) is 0.492. The largest absolute Gasteiger partial charge is 0.356 e. The molecule has 28 heavy (non-hydrogen) atoms. The molecule has 2 aliphatic heterocycles. The molecule has 4 rings (SSSR count). The predicted molar refractivity (Wildman–Crippen MR) is 113 cm³/mol. The van der Waals surface area contributed by atoms with Crippen molar-refractivity contribution >= 4 is 11.9 Å². The minimum atomic E-state index is 0.260. The summed E-state index contributed by atoms with van der Waals surface area (Å²) < 4.78 is 0. The van der Waals surface area contributed by atoms with E-state index in [9.17, 15) is 4.79 Å². The van der Waals surface area contributed by atoms with Gasteiger partial charge in [0, 0.05) is 46.2 Å². The lowest BCUT2D eigenvalue weighted by Crippen LogP contribution is -2.42. The highest BCUT2D eigenvalue weighted by Crippen LogP contribution is 2.43. The molecule has 0 bridgehead atoms. The Morgan fingerprint density at radius 1 is 1.07 bits per heavy atom. The zero-order chi connectivity index (χ0) is 19.4. The van der Waals surface area contributed by atoms with E-state index >= 15 is 0 Å². The number of aliphatic imine (C=N–C) groups is 1. The van der Waals surface area contributed by atoms with Crippen LogP contribution >= 0.6 is 0 Å². The zero-order valence-corrected chi connectivity index (χ0v) is 17.3. The van der Waals surface area contributed by atoms with Crippen molar-refractivity contribution in [3.8, 4) is 0 Å². The predicted octanol–water partition coefficient (Wildman–Crippen LogP) is 3.54. The SMILES string of the molecule is CN=C(NCCCC(=O)N1Cc2ccccc2C1)N1CCC2(CCCCC2)C1. The van der Waals surface area contributed by atoms with Crippen LogP contribution in [0.15, 0.2) is 29.3 Å². The van der Waals surface area contributed by atoms with Crippen LogP contribution in [0.25, 0.3) is 0 Å². The average Bonchev–Trinajstić information content (AvgIpc) is 3.33. The summed E-state index contributed by atoms with van der Waals surface area (Å²) in [5, 5.41) is 3.50. The Hall–Kier alpha value is -2.04.